The summed E-state index contributed by atoms with van der Waals surface area (Å²) in [4.78, 5) is 12.0. The number of hydrogen-bond donors (Lipinski definition) is 1. The first-order chi connectivity index (χ1) is 7.74. The molecule has 80 valence electrons. The quantitative estimate of drug-likeness (QED) is 0.649. The molecule has 0 aliphatic heterocycles. The molecule has 1 heterocycles. The number of thiophene rings is 1. The number of rotatable bonds is 3. The van der Waals surface area contributed by atoms with Crippen molar-refractivity contribution in [1.29, 1.82) is 0 Å². The summed E-state index contributed by atoms with van der Waals surface area (Å²) in [5.74, 6) is 2.34. The lowest BCUT2D eigenvalue weighted by Gasteiger charge is -2.07. The number of terminal acetylenes is 1. The maximum atomic E-state index is 12.0. The number of benzene rings is 1. The fourth-order valence-electron chi connectivity index (χ4n) is 1.61. The lowest BCUT2D eigenvalue weighted by molar-refractivity contribution is 0.0964. The Morgan fingerprint density at radius 3 is 3.06 bits per heavy atom. The van der Waals surface area contributed by atoms with E-state index in [4.69, 9.17) is 12.2 Å². The molecule has 2 rings (SSSR count). The van der Waals surface area contributed by atoms with Gasteiger partial charge in [-0.25, -0.2) is 0 Å². The number of Topliss-reactive ketones (excluding diaryl/α,β-unsaturated/α-hetero) is 1. The highest BCUT2D eigenvalue weighted by Crippen LogP contribution is 2.25. The van der Waals surface area contributed by atoms with E-state index in [9.17, 15) is 4.79 Å². The molecular formula is C13H11NOS. The molecule has 0 spiro atoms. The minimum atomic E-state index is -0.599. The molecule has 0 saturated heterocycles. The Morgan fingerprint density at radius 1 is 1.50 bits per heavy atom. The summed E-state index contributed by atoms with van der Waals surface area (Å²) in [6.45, 7) is 0. The monoisotopic (exact) mass is 229 g/mol. The van der Waals surface area contributed by atoms with E-state index in [2.05, 4.69) is 5.92 Å². The van der Waals surface area contributed by atoms with E-state index in [1.807, 2.05) is 23.6 Å². The van der Waals surface area contributed by atoms with Crippen LogP contribution < -0.4 is 5.73 Å². The zero-order valence-corrected chi connectivity index (χ0v) is 9.46. The van der Waals surface area contributed by atoms with Crippen molar-refractivity contribution in [3.63, 3.8) is 0 Å². The van der Waals surface area contributed by atoms with Gasteiger partial charge in [-0.05, 0) is 22.9 Å². The van der Waals surface area contributed by atoms with Gasteiger partial charge in [-0.1, -0.05) is 12.1 Å². The van der Waals surface area contributed by atoms with Crippen molar-refractivity contribution in [2.45, 2.75) is 12.5 Å². The maximum absolute atomic E-state index is 12.0. The van der Waals surface area contributed by atoms with Crippen LogP contribution in [-0.4, -0.2) is 11.8 Å². The molecule has 2 N–H and O–H groups in total. The van der Waals surface area contributed by atoms with Gasteiger partial charge in [-0.15, -0.1) is 23.7 Å². The SMILES string of the molecule is C#CCC(N)C(=O)c1cccc2ccsc12. The van der Waals surface area contributed by atoms with Crippen molar-refractivity contribution >= 4 is 27.2 Å². The number of fused-ring (bicyclic) bond motifs is 1. The van der Waals surface area contributed by atoms with Crippen molar-refractivity contribution < 1.29 is 4.79 Å². The lowest BCUT2D eigenvalue weighted by atomic mass is 10.0. The Balaban J connectivity index is 2.44. The molecule has 0 amide bonds. The van der Waals surface area contributed by atoms with Gasteiger partial charge >= 0.3 is 0 Å². The van der Waals surface area contributed by atoms with E-state index >= 15 is 0 Å². The Kier molecular flexibility index (Phi) is 3.04. The Hall–Kier alpha value is -1.63. The number of hydrogen-bond acceptors (Lipinski definition) is 3. The van der Waals surface area contributed by atoms with E-state index in [0.29, 0.717) is 5.56 Å². The molecule has 1 aromatic heterocycles. The minimum absolute atomic E-state index is 0.0778. The summed E-state index contributed by atoms with van der Waals surface area (Å²) < 4.78 is 0.986. The molecule has 1 unspecified atom stereocenters. The summed E-state index contributed by atoms with van der Waals surface area (Å²) in [6, 6.07) is 7.04. The van der Waals surface area contributed by atoms with Crippen LogP contribution in [0.3, 0.4) is 0 Å². The van der Waals surface area contributed by atoms with E-state index in [1.165, 1.54) is 0 Å². The summed E-state index contributed by atoms with van der Waals surface area (Å²) in [7, 11) is 0. The molecule has 3 heteroatoms. The molecule has 0 saturated carbocycles. The average Bonchev–Trinajstić information content (AvgIpc) is 2.76. The van der Waals surface area contributed by atoms with Gasteiger partial charge in [0.1, 0.15) is 0 Å². The third-order valence-corrected chi connectivity index (χ3v) is 3.38. The molecule has 2 nitrogen and oxygen atoms in total. The molecule has 16 heavy (non-hydrogen) atoms. The predicted molar refractivity (Wildman–Crippen MR) is 67.6 cm³/mol. The Bertz CT molecular complexity index is 565. The molecule has 0 aliphatic carbocycles. The van der Waals surface area contributed by atoms with E-state index < -0.39 is 6.04 Å². The van der Waals surface area contributed by atoms with Crippen LogP contribution in [0.4, 0.5) is 0 Å². The number of carbonyl (C=O) groups excluding carboxylic acids is 1. The van der Waals surface area contributed by atoms with Gasteiger partial charge in [0.15, 0.2) is 5.78 Å². The topological polar surface area (TPSA) is 43.1 Å². The van der Waals surface area contributed by atoms with Crippen molar-refractivity contribution in [2.75, 3.05) is 0 Å². The van der Waals surface area contributed by atoms with Crippen molar-refractivity contribution in [3.05, 3.63) is 35.2 Å². The lowest BCUT2D eigenvalue weighted by Crippen LogP contribution is -2.29. The van der Waals surface area contributed by atoms with Gasteiger partial charge < -0.3 is 5.73 Å². The third kappa shape index (κ3) is 1.85. The Morgan fingerprint density at radius 2 is 2.31 bits per heavy atom. The zero-order chi connectivity index (χ0) is 11.5. The number of ketones is 1. The van der Waals surface area contributed by atoms with Gasteiger partial charge in [0.05, 0.1) is 6.04 Å². The normalized spacial score (nSPS) is 12.2. The molecule has 0 bridgehead atoms. The van der Waals surface area contributed by atoms with Crippen LogP contribution in [-0.2, 0) is 0 Å². The zero-order valence-electron chi connectivity index (χ0n) is 8.64. The number of carbonyl (C=O) groups is 1. The fraction of sp³-hybridized carbons (Fsp3) is 0.154. The second-order valence-electron chi connectivity index (χ2n) is 3.52. The number of nitrogens with two attached hydrogens (primary N) is 1. The molecule has 0 aliphatic rings. The first kappa shape index (κ1) is 10.9. The second kappa shape index (κ2) is 4.48. The van der Waals surface area contributed by atoms with Crippen molar-refractivity contribution in [1.82, 2.24) is 0 Å². The highest BCUT2D eigenvalue weighted by atomic mass is 32.1. The van der Waals surface area contributed by atoms with Crippen LogP contribution in [0.15, 0.2) is 29.6 Å². The van der Waals surface area contributed by atoms with E-state index in [1.54, 1.807) is 17.4 Å². The smallest absolute Gasteiger partial charge is 0.181 e. The van der Waals surface area contributed by atoms with Crippen LogP contribution >= 0.6 is 11.3 Å². The van der Waals surface area contributed by atoms with E-state index in [-0.39, 0.29) is 12.2 Å². The highest BCUT2D eigenvalue weighted by molar-refractivity contribution is 7.17. The second-order valence-corrected chi connectivity index (χ2v) is 4.44. The largest absolute Gasteiger partial charge is 0.320 e. The van der Waals surface area contributed by atoms with Crippen LogP contribution in [0.2, 0.25) is 0 Å². The van der Waals surface area contributed by atoms with Crippen LogP contribution in [0.5, 0.6) is 0 Å². The molecule has 0 radical (unpaired) electrons. The van der Waals surface area contributed by atoms with Gasteiger partial charge in [0.2, 0.25) is 0 Å². The van der Waals surface area contributed by atoms with Crippen LogP contribution in [0.1, 0.15) is 16.8 Å². The molecule has 0 fully saturated rings. The first-order valence-corrected chi connectivity index (χ1v) is 5.81. The predicted octanol–water partition coefficient (Wildman–Crippen LogP) is 2.43. The summed E-state index contributed by atoms with van der Waals surface area (Å²) in [5.41, 5.74) is 6.41. The summed E-state index contributed by atoms with van der Waals surface area (Å²) in [6.07, 6.45) is 5.44. The minimum Gasteiger partial charge on any atom is -0.320 e. The first-order valence-electron chi connectivity index (χ1n) is 4.93. The summed E-state index contributed by atoms with van der Waals surface area (Å²) >= 11 is 1.55. The summed E-state index contributed by atoms with van der Waals surface area (Å²) in [5, 5.41) is 3.04. The van der Waals surface area contributed by atoms with Crippen molar-refractivity contribution in [2.24, 2.45) is 5.73 Å². The maximum Gasteiger partial charge on any atom is 0.181 e. The van der Waals surface area contributed by atoms with Gasteiger partial charge in [0.25, 0.3) is 0 Å². The molecule has 1 atom stereocenters. The van der Waals surface area contributed by atoms with Crippen LogP contribution in [0, 0.1) is 12.3 Å². The third-order valence-electron chi connectivity index (χ3n) is 2.42. The average molecular weight is 229 g/mol. The fourth-order valence-corrected chi connectivity index (χ4v) is 2.52. The van der Waals surface area contributed by atoms with Crippen molar-refractivity contribution in [3.8, 4) is 12.3 Å². The highest BCUT2D eigenvalue weighted by Gasteiger charge is 2.17. The van der Waals surface area contributed by atoms with E-state index in [0.717, 1.165) is 10.1 Å². The van der Waals surface area contributed by atoms with Gasteiger partial charge in [-0.2, -0.15) is 0 Å². The van der Waals surface area contributed by atoms with Gasteiger partial charge in [0, 0.05) is 16.7 Å². The van der Waals surface area contributed by atoms with Gasteiger partial charge in [-0.3, -0.25) is 4.79 Å². The Labute approximate surface area is 98.1 Å². The molecule has 1 aromatic carbocycles. The molecular weight excluding hydrogens is 218 g/mol. The van der Waals surface area contributed by atoms with Crippen LogP contribution in [0.25, 0.3) is 10.1 Å². The standard InChI is InChI=1S/C13H11NOS/c1-2-4-11(14)12(15)10-6-3-5-9-7-8-16-13(9)10/h1,3,5-8,11H,4,14H2. The molecule has 2 aromatic rings.